The lowest BCUT2D eigenvalue weighted by atomic mass is 10.1. The molecule has 0 fully saturated rings. The average molecular weight is 312 g/mol. The van der Waals surface area contributed by atoms with Crippen LogP contribution >= 0.6 is 34.9 Å². The van der Waals surface area contributed by atoms with Crippen LogP contribution in [0.3, 0.4) is 0 Å². The van der Waals surface area contributed by atoms with Crippen LogP contribution in [0.4, 0.5) is 5.13 Å². The van der Waals surface area contributed by atoms with Gasteiger partial charge in [0.25, 0.3) is 0 Å². The molecular weight excluding hydrogens is 306 g/mol. The van der Waals surface area contributed by atoms with Crippen LogP contribution in [-0.4, -0.2) is 16.1 Å². The molecule has 5 nitrogen and oxygen atoms in total. The summed E-state index contributed by atoms with van der Waals surface area (Å²) in [6.07, 6.45) is 1.53. The second-order valence-electron chi connectivity index (χ2n) is 3.30. The maximum Gasteiger partial charge on any atom is 0.337 e. The molecule has 0 unspecified atom stereocenters. The number of carboxylic acid groups (broad SMARTS) is 1. The first kappa shape index (κ1) is 13.7. The number of carboxylic acids is 1. The Balaban J connectivity index is 2.14. The summed E-state index contributed by atoms with van der Waals surface area (Å²) >= 11 is 8.26. The van der Waals surface area contributed by atoms with Crippen molar-refractivity contribution in [3.05, 3.63) is 39.9 Å². The summed E-state index contributed by atoms with van der Waals surface area (Å²) in [4.78, 5) is 15.6. The summed E-state index contributed by atoms with van der Waals surface area (Å²) in [6, 6.07) is 6.40. The first-order chi connectivity index (χ1) is 9.10. The highest BCUT2D eigenvalue weighted by Gasteiger charge is 2.10. The molecule has 0 aliphatic carbocycles. The molecule has 0 atom stereocenters. The minimum absolute atomic E-state index is 0.0101. The Morgan fingerprint density at radius 3 is 2.95 bits per heavy atom. The third kappa shape index (κ3) is 3.38. The number of benzene rings is 1. The zero-order chi connectivity index (χ0) is 13.8. The van der Waals surface area contributed by atoms with E-state index in [4.69, 9.17) is 22.0 Å². The molecule has 0 saturated carbocycles. The van der Waals surface area contributed by atoms with Crippen molar-refractivity contribution in [1.29, 1.82) is 5.26 Å². The normalized spacial score (nSPS) is 9.89. The molecule has 0 aliphatic heterocycles. The van der Waals surface area contributed by atoms with Gasteiger partial charge in [0.15, 0.2) is 5.13 Å². The number of nitriles is 1. The van der Waals surface area contributed by atoms with Gasteiger partial charge < -0.3 is 9.83 Å². The van der Waals surface area contributed by atoms with Crippen molar-refractivity contribution in [3.8, 4) is 6.07 Å². The fraction of sp³-hybridized carbons (Fsp3) is 0. The highest BCUT2D eigenvalue weighted by molar-refractivity contribution is 8.00. The van der Waals surface area contributed by atoms with E-state index in [1.807, 2.05) is 6.07 Å². The van der Waals surface area contributed by atoms with Crippen molar-refractivity contribution in [2.24, 2.45) is 0 Å². The number of anilines is 1. The summed E-state index contributed by atoms with van der Waals surface area (Å²) in [5.74, 6) is -1.12. The maximum absolute atomic E-state index is 10.9. The van der Waals surface area contributed by atoms with Gasteiger partial charge in [-0.25, -0.2) is 9.78 Å². The molecule has 0 spiro atoms. The largest absolute Gasteiger partial charge is 0.478 e. The van der Waals surface area contributed by atoms with Crippen molar-refractivity contribution < 1.29 is 9.90 Å². The van der Waals surface area contributed by atoms with Gasteiger partial charge in [-0.2, -0.15) is 5.26 Å². The molecule has 8 heteroatoms. The molecule has 1 heterocycles. The fourth-order valence-corrected chi connectivity index (χ4v) is 2.80. The van der Waals surface area contributed by atoms with Crippen LogP contribution in [-0.2, 0) is 0 Å². The van der Waals surface area contributed by atoms with Crippen molar-refractivity contribution >= 4 is 46.0 Å². The van der Waals surface area contributed by atoms with E-state index in [-0.39, 0.29) is 11.1 Å². The Hall–Kier alpha value is -1.75. The third-order valence-corrected chi connectivity index (χ3v) is 4.02. The molecule has 1 aromatic carbocycles. The molecule has 0 radical (unpaired) electrons. The average Bonchev–Trinajstić information content (AvgIpc) is 2.81. The van der Waals surface area contributed by atoms with E-state index >= 15 is 0 Å². The number of nitrogens with one attached hydrogen (secondary N) is 1. The second-order valence-corrected chi connectivity index (χ2v) is 5.84. The first-order valence-corrected chi connectivity index (χ1v) is 6.93. The van der Waals surface area contributed by atoms with Crippen LogP contribution in [0.2, 0.25) is 4.34 Å². The van der Waals surface area contributed by atoms with Crippen LogP contribution in [0.1, 0.15) is 15.9 Å². The van der Waals surface area contributed by atoms with Crippen LogP contribution in [0.15, 0.2) is 29.3 Å². The van der Waals surface area contributed by atoms with E-state index in [1.54, 1.807) is 6.07 Å². The summed E-state index contributed by atoms with van der Waals surface area (Å²) in [6.45, 7) is 0. The Morgan fingerprint density at radius 2 is 2.37 bits per heavy atom. The molecule has 19 heavy (non-hydrogen) atoms. The van der Waals surface area contributed by atoms with Crippen LogP contribution in [0.25, 0.3) is 0 Å². The number of halogens is 1. The molecule has 0 saturated heterocycles. The molecule has 0 aliphatic rings. The summed E-state index contributed by atoms with van der Waals surface area (Å²) in [5.41, 5.74) is 0.112. The third-order valence-electron chi connectivity index (χ3n) is 2.08. The second kappa shape index (κ2) is 5.93. The van der Waals surface area contributed by atoms with Gasteiger partial charge in [-0.05, 0) is 30.1 Å². The summed E-state index contributed by atoms with van der Waals surface area (Å²) < 4.78 is 3.54. The Labute approximate surface area is 122 Å². The topological polar surface area (TPSA) is 86.0 Å². The summed E-state index contributed by atoms with van der Waals surface area (Å²) in [7, 11) is 0. The predicted molar refractivity (Wildman–Crippen MR) is 74.7 cm³/mol. The predicted octanol–water partition coefficient (Wildman–Crippen LogP) is 3.49. The van der Waals surface area contributed by atoms with Gasteiger partial charge in [-0.15, -0.1) is 0 Å². The lowest BCUT2D eigenvalue weighted by Gasteiger charge is -2.04. The smallest absolute Gasteiger partial charge is 0.337 e. The van der Waals surface area contributed by atoms with Gasteiger partial charge in [0.2, 0.25) is 0 Å². The molecule has 0 amide bonds. The highest BCUT2D eigenvalue weighted by atomic mass is 35.5. The van der Waals surface area contributed by atoms with Gasteiger partial charge in [0, 0.05) is 4.90 Å². The van der Waals surface area contributed by atoms with Crippen molar-refractivity contribution in [3.63, 3.8) is 0 Å². The molecular formula is C11H6ClN3O2S2. The summed E-state index contributed by atoms with van der Waals surface area (Å²) in [5, 5.41) is 18.4. The molecule has 1 aromatic heterocycles. The van der Waals surface area contributed by atoms with Crippen LogP contribution in [0.5, 0.6) is 0 Å². The lowest BCUT2D eigenvalue weighted by molar-refractivity contribution is 0.0696. The van der Waals surface area contributed by atoms with Gasteiger partial charge >= 0.3 is 5.97 Å². The number of hydrogen-bond donors (Lipinski definition) is 2. The van der Waals surface area contributed by atoms with E-state index in [1.165, 1.54) is 41.6 Å². The van der Waals surface area contributed by atoms with E-state index < -0.39 is 5.97 Å². The van der Waals surface area contributed by atoms with E-state index in [2.05, 4.69) is 9.71 Å². The van der Waals surface area contributed by atoms with Crippen molar-refractivity contribution in [2.45, 2.75) is 4.90 Å². The van der Waals surface area contributed by atoms with E-state index in [0.717, 1.165) is 0 Å². The fourth-order valence-electron chi connectivity index (χ4n) is 1.27. The first-order valence-electron chi connectivity index (χ1n) is 4.92. The standard InChI is InChI=1S/C11H6ClN3O2S2/c12-9-5-14-11(18-9)15-19-7-1-2-8(10(16)17)6(3-7)4-13/h1-3,5H,(H,14,15)(H,16,17). The minimum atomic E-state index is -1.12. The molecule has 2 rings (SSSR count). The number of aromatic nitrogens is 1. The Kier molecular flexibility index (Phi) is 4.27. The Bertz CT molecular complexity index is 666. The van der Waals surface area contributed by atoms with E-state index in [9.17, 15) is 4.79 Å². The van der Waals surface area contributed by atoms with Crippen molar-refractivity contribution in [1.82, 2.24) is 4.98 Å². The monoisotopic (exact) mass is 311 g/mol. The number of aromatic carboxylic acids is 1. The maximum atomic E-state index is 10.9. The van der Waals surface area contributed by atoms with Gasteiger partial charge in [0.05, 0.1) is 17.3 Å². The Morgan fingerprint density at radius 1 is 1.58 bits per heavy atom. The molecule has 2 aromatic rings. The number of thiazole rings is 1. The van der Waals surface area contributed by atoms with E-state index in [0.29, 0.717) is 14.4 Å². The number of nitrogens with zero attached hydrogens (tertiary/aromatic N) is 2. The van der Waals surface area contributed by atoms with Crippen molar-refractivity contribution in [2.75, 3.05) is 4.72 Å². The van der Waals surface area contributed by atoms with Crippen LogP contribution in [0, 0.1) is 11.3 Å². The zero-order valence-electron chi connectivity index (χ0n) is 9.25. The SMILES string of the molecule is N#Cc1cc(SNc2ncc(Cl)s2)ccc1C(=O)O. The number of hydrogen-bond acceptors (Lipinski definition) is 6. The van der Waals surface area contributed by atoms with Gasteiger partial charge in [-0.3, -0.25) is 0 Å². The highest BCUT2D eigenvalue weighted by Crippen LogP contribution is 2.28. The van der Waals surface area contributed by atoms with Crippen LogP contribution < -0.4 is 4.72 Å². The number of carbonyl (C=O) groups is 1. The molecule has 96 valence electrons. The zero-order valence-corrected chi connectivity index (χ0v) is 11.6. The molecule has 0 bridgehead atoms. The minimum Gasteiger partial charge on any atom is -0.478 e. The quantitative estimate of drug-likeness (QED) is 0.841. The number of rotatable bonds is 4. The lowest BCUT2D eigenvalue weighted by Crippen LogP contribution is -2.00. The van der Waals surface area contributed by atoms with Gasteiger partial charge in [-0.1, -0.05) is 22.9 Å². The molecule has 2 N–H and O–H groups in total. The van der Waals surface area contributed by atoms with Gasteiger partial charge in [0.1, 0.15) is 10.4 Å².